The molecule has 162 valence electrons. The molecule has 1 N–H and O–H groups in total. The summed E-state index contributed by atoms with van der Waals surface area (Å²) in [6, 6.07) is 2.40. The Morgan fingerprint density at radius 3 is 2.50 bits per heavy atom. The maximum atomic E-state index is 14.0. The molecule has 0 amide bonds. The summed E-state index contributed by atoms with van der Waals surface area (Å²) in [6.45, 7) is 0. The van der Waals surface area contributed by atoms with E-state index in [2.05, 4.69) is 0 Å². The quantitative estimate of drug-likeness (QED) is 0.712. The van der Waals surface area contributed by atoms with Crippen molar-refractivity contribution >= 4 is 9.84 Å². The van der Waals surface area contributed by atoms with Crippen LogP contribution in [0.3, 0.4) is 0 Å². The van der Waals surface area contributed by atoms with Crippen LogP contribution in [0.15, 0.2) is 29.3 Å². The number of aromatic nitrogens is 1. The van der Waals surface area contributed by atoms with E-state index in [4.69, 9.17) is 5.26 Å². The number of nitrogens with zero attached hydrogens (tertiary/aromatic N) is 2. The van der Waals surface area contributed by atoms with Crippen molar-refractivity contribution in [3.63, 3.8) is 0 Å². The van der Waals surface area contributed by atoms with Gasteiger partial charge in [-0.05, 0) is 24.6 Å². The van der Waals surface area contributed by atoms with Gasteiger partial charge in [0.25, 0.3) is 11.4 Å². The van der Waals surface area contributed by atoms with Gasteiger partial charge in [-0.2, -0.15) is 18.4 Å². The van der Waals surface area contributed by atoms with Crippen LogP contribution in [-0.2, 0) is 22.4 Å². The number of hydrogen-bond acceptors (Lipinski definition) is 4. The van der Waals surface area contributed by atoms with Gasteiger partial charge in [-0.25, -0.2) is 26.0 Å². The number of hydrogen-bond donors (Lipinski definition) is 1. The number of rotatable bonds is 3. The fourth-order valence-electron chi connectivity index (χ4n) is 3.24. The average molecular weight is 456 g/mol. The van der Waals surface area contributed by atoms with Gasteiger partial charge < -0.3 is 9.67 Å². The maximum Gasteiger partial charge on any atom is 0.419 e. The third kappa shape index (κ3) is 3.43. The Balaban J connectivity index is 2.32. The Kier molecular flexibility index (Phi) is 5.15. The number of nitriles is 1. The topological polar surface area (TPSA) is 83.1 Å². The van der Waals surface area contributed by atoms with Gasteiger partial charge in [0.15, 0.2) is 0 Å². The van der Waals surface area contributed by atoms with Crippen molar-refractivity contribution in [1.82, 2.24) is 4.57 Å². The summed E-state index contributed by atoms with van der Waals surface area (Å²) in [5.41, 5.74) is -6.56. The molecule has 1 aliphatic rings. The van der Waals surface area contributed by atoms with Crippen LogP contribution in [0.25, 0.3) is 5.69 Å². The Labute approximate surface area is 164 Å². The number of aliphatic hydroxyl groups is 1. The van der Waals surface area contributed by atoms with Crippen LogP contribution < -0.4 is 0 Å². The number of fused-ring (bicyclic) bond motifs is 1. The smallest absolute Gasteiger partial charge is 0.382 e. The predicted octanol–water partition coefficient (Wildman–Crippen LogP) is 3.84. The fourth-order valence-corrected chi connectivity index (χ4v) is 4.39. The van der Waals surface area contributed by atoms with Gasteiger partial charge in [0.1, 0.15) is 18.0 Å². The first-order chi connectivity index (χ1) is 13.7. The van der Waals surface area contributed by atoms with Crippen LogP contribution in [0.2, 0.25) is 0 Å². The molecular weight excluding hydrogens is 445 g/mol. The number of benzene rings is 1. The van der Waals surface area contributed by atoms with E-state index in [1.54, 1.807) is 0 Å². The lowest BCUT2D eigenvalue weighted by atomic mass is 9.91. The molecule has 3 rings (SSSR count). The molecule has 0 saturated heterocycles. The van der Waals surface area contributed by atoms with Crippen LogP contribution in [0.4, 0.5) is 30.7 Å². The highest BCUT2D eigenvalue weighted by Gasteiger charge is 2.49. The summed E-state index contributed by atoms with van der Waals surface area (Å²) in [5.74, 6) is -5.43. The van der Waals surface area contributed by atoms with Crippen LogP contribution in [0.1, 0.15) is 29.3 Å². The molecule has 1 heterocycles. The van der Waals surface area contributed by atoms with Crippen molar-refractivity contribution in [2.45, 2.75) is 41.4 Å². The second-order valence-corrected chi connectivity index (χ2v) is 8.48. The molecule has 2 atom stereocenters. The molecule has 0 spiro atoms. The zero-order valence-corrected chi connectivity index (χ0v) is 15.4. The van der Waals surface area contributed by atoms with Crippen LogP contribution in [-0.4, -0.2) is 29.5 Å². The average Bonchev–Trinajstić information content (AvgIpc) is 3.04. The third-order valence-corrected chi connectivity index (χ3v) is 6.28. The van der Waals surface area contributed by atoms with Crippen molar-refractivity contribution in [3.8, 4) is 11.8 Å². The second-order valence-electron chi connectivity index (χ2n) is 6.54. The molecule has 30 heavy (non-hydrogen) atoms. The molecule has 0 bridgehead atoms. The third-order valence-electron chi connectivity index (χ3n) is 4.70. The monoisotopic (exact) mass is 456 g/mol. The molecule has 1 aromatic heterocycles. The molecule has 2 aromatic rings. The molecule has 0 aliphatic heterocycles. The van der Waals surface area contributed by atoms with E-state index in [1.807, 2.05) is 0 Å². The van der Waals surface area contributed by atoms with Gasteiger partial charge in [-0.15, -0.1) is 0 Å². The lowest BCUT2D eigenvalue weighted by molar-refractivity contribution is -0.140. The molecule has 1 aromatic carbocycles. The lowest BCUT2D eigenvalue weighted by Gasteiger charge is -2.29. The van der Waals surface area contributed by atoms with Crippen molar-refractivity contribution in [2.24, 2.45) is 0 Å². The SMILES string of the molecule is N#CC(F)S(=O)(=O)c1cn(-c2ccc(F)c(C(F)(F)F)c2)c2c1C(O)C(F)(F)CC2. The van der Waals surface area contributed by atoms with Crippen molar-refractivity contribution in [1.29, 1.82) is 5.26 Å². The van der Waals surface area contributed by atoms with Gasteiger partial charge in [-0.3, -0.25) is 0 Å². The molecule has 0 radical (unpaired) electrons. The molecule has 1 aliphatic carbocycles. The normalized spacial score (nSPS) is 19.8. The predicted molar refractivity (Wildman–Crippen MR) is 86.7 cm³/mol. The number of aliphatic hydroxyl groups excluding tert-OH is 1. The standard InChI is InChI=1S/C17H11F7N2O3S/c18-10-2-1-8(5-9(10)17(22,23)24)26-7-12(30(28,29)13(19)6-25)14-11(26)3-4-16(20,21)15(14)27/h1-2,5,7,13,15,27H,3-4H2. The van der Waals surface area contributed by atoms with E-state index >= 15 is 0 Å². The van der Waals surface area contributed by atoms with Crippen LogP contribution in [0.5, 0.6) is 0 Å². The summed E-state index contributed by atoms with van der Waals surface area (Å²) >= 11 is 0. The Hall–Kier alpha value is -2.59. The zero-order chi connectivity index (χ0) is 22.6. The number of sulfone groups is 1. The molecule has 13 heteroatoms. The summed E-state index contributed by atoms with van der Waals surface area (Å²) < 4.78 is 120. The Morgan fingerprint density at radius 1 is 1.30 bits per heavy atom. The van der Waals surface area contributed by atoms with Crippen LogP contribution in [0, 0.1) is 17.1 Å². The van der Waals surface area contributed by atoms with E-state index in [0.717, 1.165) is 16.7 Å². The first-order valence-electron chi connectivity index (χ1n) is 8.16. The molecular formula is C17H11F7N2O3S. The van der Waals surface area contributed by atoms with E-state index in [9.17, 15) is 44.3 Å². The Morgan fingerprint density at radius 2 is 1.93 bits per heavy atom. The lowest BCUT2D eigenvalue weighted by Crippen LogP contribution is -2.33. The van der Waals surface area contributed by atoms with E-state index in [0.29, 0.717) is 18.3 Å². The molecule has 0 fully saturated rings. The van der Waals surface area contributed by atoms with E-state index in [-0.39, 0.29) is 5.69 Å². The largest absolute Gasteiger partial charge is 0.419 e. The second kappa shape index (κ2) is 6.98. The maximum absolute atomic E-state index is 14.0. The molecule has 5 nitrogen and oxygen atoms in total. The summed E-state index contributed by atoms with van der Waals surface area (Å²) in [6.07, 6.45) is -8.84. The van der Waals surface area contributed by atoms with Gasteiger partial charge in [-0.1, -0.05) is 0 Å². The molecule has 2 unspecified atom stereocenters. The van der Waals surface area contributed by atoms with Gasteiger partial charge in [0, 0.05) is 29.6 Å². The summed E-state index contributed by atoms with van der Waals surface area (Å²) in [7, 11) is -5.19. The highest BCUT2D eigenvalue weighted by molar-refractivity contribution is 7.92. The zero-order valence-electron chi connectivity index (χ0n) is 14.6. The van der Waals surface area contributed by atoms with Crippen molar-refractivity contribution in [2.75, 3.05) is 0 Å². The van der Waals surface area contributed by atoms with Gasteiger partial charge in [0.2, 0.25) is 9.84 Å². The van der Waals surface area contributed by atoms with Gasteiger partial charge in [0.05, 0.1) is 10.5 Å². The first kappa shape index (κ1) is 22.1. The minimum absolute atomic E-state index is 0.322. The van der Waals surface area contributed by atoms with E-state index < -0.39 is 73.9 Å². The number of alkyl halides is 6. The minimum Gasteiger partial charge on any atom is -0.382 e. The highest BCUT2D eigenvalue weighted by atomic mass is 32.2. The summed E-state index contributed by atoms with van der Waals surface area (Å²) in [5, 5.41) is 18.6. The first-order valence-corrected chi connectivity index (χ1v) is 9.71. The van der Waals surface area contributed by atoms with E-state index in [1.165, 1.54) is 0 Å². The minimum atomic E-state index is -5.19. The van der Waals surface area contributed by atoms with Crippen molar-refractivity contribution < 1.29 is 44.3 Å². The van der Waals surface area contributed by atoms with Crippen LogP contribution >= 0.6 is 0 Å². The Bertz CT molecular complexity index is 1150. The highest BCUT2D eigenvalue weighted by Crippen LogP contribution is 2.46. The molecule has 0 saturated carbocycles. The number of halogens is 7. The van der Waals surface area contributed by atoms with Gasteiger partial charge >= 0.3 is 6.18 Å². The van der Waals surface area contributed by atoms with Crippen molar-refractivity contribution in [3.05, 3.63) is 47.0 Å². The fraction of sp³-hybridized carbons (Fsp3) is 0.353. The summed E-state index contributed by atoms with van der Waals surface area (Å²) in [4.78, 5) is -1.16.